The van der Waals surface area contributed by atoms with E-state index in [0.717, 1.165) is 16.8 Å². The smallest absolute Gasteiger partial charge is 0.269 e. The highest BCUT2D eigenvalue weighted by atomic mass is 79.9. The molecule has 2 aliphatic heterocycles. The second-order valence-corrected chi connectivity index (χ2v) is 8.41. The van der Waals surface area contributed by atoms with E-state index in [0.29, 0.717) is 9.93 Å². The number of thioether (sulfide) groups is 2. The van der Waals surface area contributed by atoms with Crippen LogP contribution >= 0.6 is 52.1 Å². The quantitative estimate of drug-likeness (QED) is 0.315. The van der Waals surface area contributed by atoms with Crippen LogP contribution in [-0.4, -0.2) is 20.4 Å². The van der Waals surface area contributed by atoms with Crippen LogP contribution in [0.3, 0.4) is 0 Å². The summed E-state index contributed by atoms with van der Waals surface area (Å²) in [4.78, 5) is 25.6. The highest BCUT2D eigenvalue weighted by Crippen LogP contribution is 2.51. The molecule has 0 aliphatic carbocycles. The first-order valence-corrected chi connectivity index (χ1v) is 9.81. The Morgan fingerprint density at radius 1 is 1.11 bits per heavy atom. The van der Waals surface area contributed by atoms with Crippen LogP contribution in [0, 0.1) is 10.1 Å². The number of nitrogens with zero attached hydrogens (tertiary/aromatic N) is 2. The molecule has 2 aromatic carbocycles. The van der Waals surface area contributed by atoms with Gasteiger partial charge in [-0.2, -0.15) is 0 Å². The number of rotatable bonds is 3. The van der Waals surface area contributed by atoms with Crippen molar-refractivity contribution in [1.82, 2.24) is 4.90 Å². The summed E-state index contributed by atoms with van der Waals surface area (Å²) in [6.07, 6.45) is 1.86. The Morgan fingerprint density at radius 3 is 2.41 bits per heavy atom. The van der Waals surface area contributed by atoms with E-state index in [-0.39, 0.29) is 33.3 Å². The maximum atomic E-state index is 12.9. The van der Waals surface area contributed by atoms with Crippen molar-refractivity contribution in [2.45, 2.75) is 4.71 Å². The first-order valence-electron chi connectivity index (χ1n) is 7.61. The first-order chi connectivity index (χ1) is 12.5. The number of non-ortho nitro benzene ring substituents is 1. The van der Waals surface area contributed by atoms with Gasteiger partial charge in [-0.05, 0) is 46.9 Å². The third-order valence-electron chi connectivity index (χ3n) is 3.97. The number of hydrogen-bond donors (Lipinski definition) is 0. The van der Waals surface area contributed by atoms with Crippen LogP contribution < -0.4 is 0 Å². The monoisotopic (exact) mass is 482 g/mol. The zero-order chi connectivity index (χ0) is 18.3. The predicted octanol–water partition coefficient (Wildman–Crippen LogP) is 5.77. The van der Waals surface area contributed by atoms with Gasteiger partial charge in [0.25, 0.3) is 11.6 Å². The van der Waals surface area contributed by atoms with Crippen molar-refractivity contribution < 1.29 is 9.72 Å². The van der Waals surface area contributed by atoms with Crippen LogP contribution in [0.4, 0.5) is 5.69 Å². The van der Waals surface area contributed by atoms with E-state index in [1.807, 2.05) is 23.6 Å². The number of carbonyl (C=O) groups is 1. The Balaban J connectivity index is 0.00000210. The molecule has 0 radical (unpaired) electrons. The molecule has 1 unspecified atom stereocenters. The molecule has 138 valence electrons. The van der Waals surface area contributed by atoms with Crippen molar-refractivity contribution in [3.8, 4) is 0 Å². The molecule has 0 bridgehead atoms. The maximum absolute atomic E-state index is 12.9. The lowest BCUT2D eigenvalue weighted by Gasteiger charge is -2.17. The third kappa shape index (κ3) is 3.94. The summed E-state index contributed by atoms with van der Waals surface area (Å²) in [7, 11) is 0. The maximum Gasteiger partial charge on any atom is 0.269 e. The number of carbonyl (C=O) groups excluding carboxylic acids is 1. The van der Waals surface area contributed by atoms with E-state index in [1.54, 1.807) is 40.9 Å². The van der Waals surface area contributed by atoms with Crippen LogP contribution in [0.25, 0.3) is 11.8 Å². The average Bonchev–Trinajstić information content (AvgIpc) is 3.18. The molecule has 0 aromatic heterocycles. The van der Waals surface area contributed by atoms with Gasteiger partial charge in [-0.25, -0.2) is 0 Å². The molecule has 0 spiro atoms. The molecule has 1 saturated heterocycles. The molecule has 0 N–H and O–H groups in total. The molecular formula is C18H12BrClN2O3S2. The molecule has 2 aliphatic rings. The first kappa shape index (κ1) is 20.0. The topological polar surface area (TPSA) is 63.4 Å². The summed E-state index contributed by atoms with van der Waals surface area (Å²) >= 11 is 8.96. The fraction of sp³-hybridized carbons (Fsp3) is 0.0556. The standard InChI is InChI=1S/C18H11ClN2O3S2.BrH/c19-13-5-1-11(2-6-13)9-16-17(22)20-15(10-25-18(20)26-16)12-3-7-14(8-4-12)21(23)24;/h1-10,18H;1H/b16-9+;. The third-order valence-corrected chi connectivity index (χ3v) is 6.60. The molecular weight excluding hydrogens is 472 g/mol. The number of nitro groups is 1. The van der Waals surface area contributed by atoms with E-state index in [2.05, 4.69) is 0 Å². The fourth-order valence-electron chi connectivity index (χ4n) is 2.68. The van der Waals surface area contributed by atoms with Gasteiger partial charge in [0.1, 0.15) is 4.71 Å². The van der Waals surface area contributed by atoms with Gasteiger partial charge in [0.05, 0.1) is 15.5 Å². The number of hydrogen-bond acceptors (Lipinski definition) is 5. The Morgan fingerprint density at radius 2 is 1.78 bits per heavy atom. The zero-order valence-electron chi connectivity index (χ0n) is 13.6. The Bertz CT molecular complexity index is 962. The van der Waals surface area contributed by atoms with Gasteiger partial charge < -0.3 is 0 Å². The number of nitro benzene ring substituents is 1. The van der Waals surface area contributed by atoms with Gasteiger partial charge in [0.2, 0.25) is 0 Å². The highest BCUT2D eigenvalue weighted by Gasteiger charge is 2.42. The minimum Gasteiger partial charge on any atom is -0.284 e. The summed E-state index contributed by atoms with van der Waals surface area (Å²) in [6, 6.07) is 13.6. The molecule has 1 fully saturated rings. The number of halogens is 2. The average molecular weight is 484 g/mol. The second kappa shape index (κ2) is 8.10. The molecule has 2 heterocycles. The van der Waals surface area contributed by atoms with E-state index in [9.17, 15) is 14.9 Å². The lowest BCUT2D eigenvalue weighted by atomic mass is 10.1. The zero-order valence-corrected chi connectivity index (χ0v) is 17.7. The van der Waals surface area contributed by atoms with Gasteiger partial charge in [-0.15, -0.1) is 17.0 Å². The summed E-state index contributed by atoms with van der Waals surface area (Å²) in [5.74, 6) is -0.0652. The highest BCUT2D eigenvalue weighted by molar-refractivity contribution is 8.93. The fourth-order valence-corrected chi connectivity index (χ4v) is 5.27. The molecule has 27 heavy (non-hydrogen) atoms. The van der Waals surface area contributed by atoms with Crippen molar-refractivity contribution in [3.63, 3.8) is 0 Å². The number of benzene rings is 2. The summed E-state index contributed by atoms with van der Waals surface area (Å²) in [5.41, 5.74) is 2.50. The van der Waals surface area contributed by atoms with Gasteiger partial charge in [0, 0.05) is 17.2 Å². The Kier molecular flexibility index (Phi) is 6.00. The Labute approximate surface area is 179 Å². The number of fused-ring (bicyclic) bond motifs is 1. The lowest BCUT2D eigenvalue weighted by molar-refractivity contribution is -0.384. The van der Waals surface area contributed by atoms with E-state index < -0.39 is 4.92 Å². The molecule has 1 amide bonds. The van der Waals surface area contributed by atoms with Crippen molar-refractivity contribution in [3.05, 3.63) is 85.1 Å². The van der Waals surface area contributed by atoms with Crippen molar-refractivity contribution in [1.29, 1.82) is 0 Å². The van der Waals surface area contributed by atoms with E-state index in [4.69, 9.17) is 11.6 Å². The minimum atomic E-state index is -0.436. The molecule has 0 saturated carbocycles. The lowest BCUT2D eigenvalue weighted by Crippen LogP contribution is -2.25. The van der Waals surface area contributed by atoms with Crippen LogP contribution in [0.15, 0.2) is 58.8 Å². The normalized spacial score (nSPS) is 19.7. The van der Waals surface area contributed by atoms with Gasteiger partial charge >= 0.3 is 0 Å². The van der Waals surface area contributed by atoms with Gasteiger partial charge in [-0.1, -0.05) is 47.3 Å². The molecule has 9 heteroatoms. The van der Waals surface area contributed by atoms with Gasteiger partial charge in [-0.3, -0.25) is 19.8 Å². The SMILES string of the molecule is Br.O=C1/C(=C\c2ccc(Cl)cc2)SC2SC=C(c3ccc([N+](=O)[O-])cc3)N12. The molecule has 1 atom stereocenters. The number of amides is 1. The van der Waals surface area contributed by atoms with Crippen molar-refractivity contribution in [2.24, 2.45) is 0 Å². The summed E-state index contributed by atoms with van der Waals surface area (Å²) in [6.45, 7) is 0. The Hall–Kier alpha value is -1.74. The minimum absolute atomic E-state index is 0. The largest absolute Gasteiger partial charge is 0.284 e. The van der Waals surface area contributed by atoms with E-state index >= 15 is 0 Å². The van der Waals surface area contributed by atoms with Crippen LogP contribution in [0.5, 0.6) is 0 Å². The summed E-state index contributed by atoms with van der Waals surface area (Å²) in [5, 5.41) is 13.4. The summed E-state index contributed by atoms with van der Waals surface area (Å²) < 4.78 is -0.0498. The van der Waals surface area contributed by atoms with Crippen LogP contribution in [0.1, 0.15) is 11.1 Å². The van der Waals surface area contributed by atoms with Crippen molar-refractivity contribution >= 4 is 75.5 Å². The molecule has 5 nitrogen and oxygen atoms in total. The van der Waals surface area contributed by atoms with Crippen LogP contribution in [0.2, 0.25) is 5.02 Å². The predicted molar refractivity (Wildman–Crippen MR) is 117 cm³/mol. The van der Waals surface area contributed by atoms with Crippen LogP contribution in [-0.2, 0) is 4.79 Å². The molecule has 4 rings (SSSR count). The second-order valence-electron chi connectivity index (χ2n) is 5.60. The van der Waals surface area contributed by atoms with Gasteiger partial charge in [0.15, 0.2) is 0 Å². The van der Waals surface area contributed by atoms with Crippen molar-refractivity contribution in [2.75, 3.05) is 0 Å². The van der Waals surface area contributed by atoms with E-state index in [1.165, 1.54) is 23.9 Å². The molecule has 2 aromatic rings.